The van der Waals surface area contributed by atoms with Crippen LogP contribution in [0, 0.1) is 0 Å². The molecule has 0 unspecified atom stereocenters. The van der Waals surface area contributed by atoms with E-state index < -0.39 is 11.9 Å². The zero-order valence-electron chi connectivity index (χ0n) is 13.0. The first kappa shape index (κ1) is 18.1. The molecule has 0 amide bonds. The highest BCUT2D eigenvalue weighted by molar-refractivity contribution is 5.92. The molecule has 0 saturated carbocycles. The molecule has 10 heteroatoms. The number of carboxylic acids is 2. The number of hydrogen-bond acceptors (Lipinski definition) is 4. The number of aromatic carboxylic acids is 2. The fourth-order valence-electron chi connectivity index (χ4n) is 2.08. The first-order valence-corrected chi connectivity index (χ1v) is 6.99. The molecule has 0 aliphatic carbocycles. The Kier molecular flexibility index (Phi) is 5.58. The Bertz CT molecular complexity index is 936. The second-order valence-corrected chi connectivity index (χ2v) is 4.87. The van der Waals surface area contributed by atoms with Crippen LogP contribution in [0.1, 0.15) is 31.8 Å². The highest BCUT2D eigenvalue weighted by atomic mass is 16.4. The number of carbonyl (C=O) groups is 2. The van der Waals surface area contributed by atoms with Gasteiger partial charge in [-0.25, -0.2) is 9.59 Å². The SMILES string of the molecule is [N-]=[N+]=Nc1cc(C(=O)O)ccc1C=Cc1ccc(C(=O)O)cc1N=[N+]=[N-]. The minimum atomic E-state index is -1.16. The third kappa shape index (κ3) is 4.18. The number of carboxylic acid groups (broad SMARTS) is 2. The summed E-state index contributed by atoms with van der Waals surface area (Å²) in [5, 5.41) is 24.9. The summed E-state index contributed by atoms with van der Waals surface area (Å²) in [6.45, 7) is 0. The summed E-state index contributed by atoms with van der Waals surface area (Å²) in [5.74, 6) is -2.32. The molecule has 0 bridgehead atoms. The van der Waals surface area contributed by atoms with Gasteiger partial charge in [-0.1, -0.05) is 34.5 Å². The summed E-state index contributed by atoms with van der Waals surface area (Å²) in [6.07, 6.45) is 3.06. The van der Waals surface area contributed by atoms with Crippen molar-refractivity contribution < 1.29 is 19.8 Å². The normalized spacial score (nSPS) is 10.0. The van der Waals surface area contributed by atoms with Gasteiger partial charge in [0.1, 0.15) is 0 Å². The van der Waals surface area contributed by atoms with Gasteiger partial charge < -0.3 is 10.2 Å². The molecule has 128 valence electrons. The third-order valence-corrected chi connectivity index (χ3v) is 3.30. The van der Waals surface area contributed by atoms with E-state index in [1.807, 2.05) is 0 Å². The van der Waals surface area contributed by atoms with E-state index in [4.69, 9.17) is 21.3 Å². The number of benzene rings is 2. The summed E-state index contributed by atoms with van der Waals surface area (Å²) in [5.41, 5.74) is 18.3. The van der Waals surface area contributed by atoms with Crippen LogP contribution in [0.15, 0.2) is 46.6 Å². The zero-order chi connectivity index (χ0) is 19.1. The van der Waals surface area contributed by atoms with Gasteiger partial charge in [-0.15, -0.1) is 0 Å². The van der Waals surface area contributed by atoms with Crippen molar-refractivity contribution in [3.05, 3.63) is 79.5 Å². The average molecular weight is 350 g/mol. The molecule has 2 aromatic carbocycles. The van der Waals surface area contributed by atoms with Crippen molar-refractivity contribution in [1.82, 2.24) is 0 Å². The Labute approximate surface area is 145 Å². The van der Waals surface area contributed by atoms with Gasteiger partial charge in [0.2, 0.25) is 0 Å². The summed E-state index contributed by atoms with van der Waals surface area (Å²) in [4.78, 5) is 27.3. The van der Waals surface area contributed by atoms with E-state index in [9.17, 15) is 9.59 Å². The molecule has 0 aliphatic heterocycles. The minimum absolute atomic E-state index is 0.0369. The van der Waals surface area contributed by atoms with E-state index in [0.29, 0.717) is 11.1 Å². The van der Waals surface area contributed by atoms with Gasteiger partial charge in [-0.2, -0.15) is 0 Å². The van der Waals surface area contributed by atoms with Crippen molar-refractivity contribution in [3.8, 4) is 0 Å². The second kappa shape index (κ2) is 8.02. The van der Waals surface area contributed by atoms with Crippen molar-refractivity contribution in [2.24, 2.45) is 10.2 Å². The van der Waals surface area contributed by atoms with Gasteiger partial charge in [0.15, 0.2) is 0 Å². The summed E-state index contributed by atoms with van der Waals surface area (Å²) in [6, 6.07) is 8.07. The van der Waals surface area contributed by atoms with Crippen molar-refractivity contribution in [2.75, 3.05) is 0 Å². The Morgan fingerprint density at radius 2 is 1.19 bits per heavy atom. The Morgan fingerprint density at radius 1 is 0.808 bits per heavy atom. The number of nitrogens with zero attached hydrogens (tertiary/aromatic N) is 6. The maximum atomic E-state index is 11.0. The van der Waals surface area contributed by atoms with Crippen LogP contribution in [0.3, 0.4) is 0 Å². The van der Waals surface area contributed by atoms with E-state index >= 15 is 0 Å². The van der Waals surface area contributed by atoms with Crippen LogP contribution in [-0.2, 0) is 0 Å². The molecule has 0 atom stereocenters. The lowest BCUT2D eigenvalue weighted by atomic mass is 10.1. The first-order valence-electron chi connectivity index (χ1n) is 6.99. The van der Waals surface area contributed by atoms with Crippen molar-refractivity contribution >= 4 is 35.5 Å². The maximum absolute atomic E-state index is 11.0. The molecule has 0 heterocycles. The number of rotatable bonds is 6. The maximum Gasteiger partial charge on any atom is 0.335 e. The predicted molar refractivity (Wildman–Crippen MR) is 93.3 cm³/mol. The van der Waals surface area contributed by atoms with E-state index in [-0.39, 0.29) is 22.5 Å². The van der Waals surface area contributed by atoms with E-state index in [1.54, 1.807) is 0 Å². The quantitative estimate of drug-likeness (QED) is 0.318. The lowest BCUT2D eigenvalue weighted by Gasteiger charge is -2.04. The second-order valence-electron chi connectivity index (χ2n) is 4.87. The molecular formula is C16H10N6O4. The summed E-state index contributed by atoms with van der Waals surface area (Å²) >= 11 is 0. The van der Waals surface area contributed by atoms with Crippen molar-refractivity contribution in [1.29, 1.82) is 0 Å². The Hall–Kier alpha value is -4.26. The molecule has 26 heavy (non-hydrogen) atoms. The fourth-order valence-corrected chi connectivity index (χ4v) is 2.08. The van der Waals surface area contributed by atoms with Gasteiger partial charge >= 0.3 is 11.9 Å². The predicted octanol–water partition coefficient (Wildman–Crippen LogP) is 5.14. The smallest absolute Gasteiger partial charge is 0.335 e. The standard InChI is InChI=1S/C16H10N6O4/c17-21-19-13-7-11(15(23)24)5-3-9(13)1-2-10-4-6-12(16(25)26)8-14(10)20-22-18/h1-8H,(H,23,24)(H,25,26). The largest absolute Gasteiger partial charge is 0.478 e. The van der Waals surface area contributed by atoms with Crippen LogP contribution in [0.2, 0.25) is 0 Å². The van der Waals surface area contributed by atoms with E-state index in [1.165, 1.54) is 48.6 Å². The van der Waals surface area contributed by atoms with E-state index in [0.717, 1.165) is 0 Å². The van der Waals surface area contributed by atoms with Gasteiger partial charge in [0.25, 0.3) is 0 Å². The summed E-state index contributed by atoms with van der Waals surface area (Å²) in [7, 11) is 0. The molecule has 0 aromatic heterocycles. The summed E-state index contributed by atoms with van der Waals surface area (Å²) < 4.78 is 0. The average Bonchev–Trinajstić information content (AvgIpc) is 2.61. The Balaban J connectivity index is 2.49. The van der Waals surface area contributed by atoms with Gasteiger partial charge in [0.05, 0.1) is 11.1 Å². The fraction of sp³-hybridized carbons (Fsp3) is 0. The number of azide groups is 2. The monoisotopic (exact) mass is 350 g/mol. The molecular weight excluding hydrogens is 340 g/mol. The van der Waals surface area contributed by atoms with Gasteiger partial charge in [0, 0.05) is 21.2 Å². The van der Waals surface area contributed by atoms with Crippen LogP contribution < -0.4 is 0 Å². The molecule has 0 spiro atoms. The molecule has 0 radical (unpaired) electrons. The van der Waals surface area contributed by atoms with Crippen molar-refractivity contribution in [2.45, 2.75) is 0 Å². The zero-order valence-corrected chi connectivity index (χ0v) is 13.0. The molecule has 2 rings (SSSR count). The molecule has 0 fully saturated rings. The minimum Gasteiger partial charge on any atom is -0.478 e. The van der Waals surface area contributed by atoms with Crippen LogP contribution in [-0.4, -0.2) is 22.2 Å². The highest BCUT2D eigenvalue weighted by Gasteiger charge is 2.08. The third-order valence-electron chi connectivity index (χ3n) is 3.30. The Morgan fingerprint density at radius 3 is 1.50 bits per heavy atom. The van der Waals surface area contributed by atoms with Gasteiger partial charge in [-0.05, 0) is 46.5 Å². The molecule has 0 aliphatic rings. The van der Waals surface area contributed by atoms with Crippen LogP contribution in [0.4, 0.5) is 11.4 Å². The molecule has 2 N–H and O–H groups in total. The van der Waals surface area contributed by atoms with Crippen LogP contribution in [0.5, 0.6) is 0 Å². The molecule has 0 saturated heterocycles. The first-order chi connectivity index (χ1) is 12.5. The highest BCUT2D eigenvalue weighted by Crippen LogP contribution is 2.27. The van der Waals surface area contributed by atoms with E-state index in [2.05, 4.69) is 20.1 Å². The van der Waals surface area contributed by atoms with Crippen LogP contribution >= 0.6 is 0 Å². The lowest BCUT2D eigenvalue weighted by molar-refractivity contribution is 0.0686. The molecule has 2 aromatic rings. The van der Waals surface area contributed by atoms with Gasteiger partial charge in [-0.3, -0.25) is 0 Å². The topological polar surface area (TPSA) is 172 Å². The molecule has 10 nitrogen and oxygen atoms in total. The lowest BCUT2D eigenvalue weighted by Crippen LogP contribution is -1.96. The van der Waals surface area contributed by atoms with Crippen LogP contribution in [0.25, 0.3) is 33.0 Å². The van der Waals surface area contributed by atoms with Crippen molar-refractivity contribution in [3.63, 3.8) is 0 Å². The number of hydrogen-bond donors (Lipinski definition) is 2.